The van der Waals surface area contributed by atoms with Crippen LogP contribution in [-0.4, -0.2) is 24.9 Å². The number of rotatable bonds is 7. The smallest absolute Gasteiger partial charge is 0.237 e. The van der Waals surface area contributed by atoms with Gasteiger partial charge in [-0.1, -0.05) is 23.8 Å². The molecule has 0 unspecified atom stereocenters. The minimum Gasteiger partial charge on any atom is -0.338 e. The molecule has 1 aliphatic carbocycles. The second kappa shape index (κ2) is 5.92. The van der Waals surface area contributed by atoms with Crippen LogP contribution < -0.4 is 5.73 Å². The molecule has 0 amide bonds. The molecule has 0 radical (unpaired) electrons. The van der Waals surface area contributed by atoms with Gasteiger partial charge < -0.3 is 14.8 Å². The summed E-state index contributed by atoms with van der Waals surface area (Å²) in [4.78, 5) is 4.41. The third-order valence-corrected chi connectivity index (χ3v) is 4.13. The van der Waals surface area contributed by atoms with Gasteiger partial charge >= 0.3 is 0 Å². The lowest BCUT2D eigenvalue weighted by Crippen LogP contribution is -2.09. The van der Waals surface area contributed by atoms with Crippen molar-refractivity contribution in [1.29, 1.82) is 0 Å². The van der Waals surface area contributed by atoms with Crippen LogP contribution in [-0.2, 0) is 18.8 Å². The van der Waals surface area contributed by atoms with E-state index in [-0.39, 0.29) is 0 Å². The minimum atomic E-state index is 0.403. The standard InChI is InChI=1S/C12H18N6OS/c1-2-5-18-9(6-13)15-16-12(18)20-7-10-14-11(17-19-10)8-3-4-8/h8H,2-7,13H2,1H3. The molecular weight excluding hydrogens is 276 g/mol. The molecule has 0 spiro atoms. The van der Waals surface area contributed by atoms with Crippen LogP contribution in [0.15, 0.2) is 9.68 Å². The highest BCUT2D eigenvalue weighted by Crippen LogP contribution is 2.38. The average molecular weight is 294 g/mol. The molecule has 20 heavy (non-hydrogen) atoms. The molecule has 0 aliphatic heterocycles. The molecule has 2 heterocycles. The topological polar surface area (TPSA) is 95.7 Å². The molecule has 0 aromatic carbocycles. The lowest BCUT2D eigenvalue weighted by atomic mass is 10.4. The van der Waals surface area contributed by atoms with Gasteiger partial charge in [-0.2, -0.15) is 4.98 Å². The van der Waals surface area contributed by atoms with Crippen molar-refractivity contribution in [2.45, 2.75) is 56.1 Å². The summed E-state index contributed by atoms with van der Waals surface area (Å²) in [7, 11) is 0. The van der Waals surface area contributed by atoms with Crippen molar-refractivity contribution in [3.63, 3.8) is 0 Å². The molecule has 7 nitrogen and oxygen atoms in total. The zero-order valence-electron chi connectivity index (χ0n) is 11.4. The van der Waals surface area contributed by atoms with Crippen molar-refractivity contribution in [2.24, 2.45) is 5.73 Å². The van der Waals surface area contributed by atoms with Crippen molar-refractivity contribution in [1.82, 2.24) is 24.9 Å². The highest BCUT2D eigenvalue weighted by atomic mass is 32.2. The minimum absolute atomic E-state index is 0.403. The fraction of sp³-hybridized carbons (Fsp3) is 0.667. The van der Waals surface area contributed by atoms with Crippen molar-refractivity contribution < 1.29 is 4.52 Å². The highest BCUT2D eigenvalue weighted by molar-refractivity contribution is 7.98. The van der Waals surface area contributed by atoms with E-state index in [0.717, 1.165) is 29.8 Å². The third-order valence-electron chi connectivity index (χ3n) is 3.17. The van der Waals surface area contributed by atoms with Gasteiger partial charge in [0.1, 0.15) is 5.82 Å². The first-order chi connectivity index (χ1) is 9.81. The quantitative estimate of drug-likeness (QED) is 0.776. The molecule has 8 heteroatoms. The summed E-state index contributed by atoms with van der Waals surface area (Å²) in [5, 5.41) is 13.2. The van der Waals surface area contributed by atoms with Crippen LogP contribution in [0, 0.1) is 0 Å². The van der Waals surface area contributed by atoms with Crippen LogP contribution in [0.2, 0.25) is 0 Å². The van der Waals surface area contributed by atoms with Crippen LogP contribution in [0.1, 0.15) is 49.6 Å². The first kappa shape index (κ1) is 13.6. The summed E-state index contributed by atoms with van der Waals surface area (Å²) in [5.41, 5.74) is 5.67. The van der Waals surface area contributed by atoms with Crippen molar-refractivity contribution in [3.05, 3.63) is 17.5 Å². The van der Waals surface area contributed by atoms with Gasteiger partial charge in [0.2, 0.25) is 5.89 Å². The van der Waals surface area contributed by atoms with Crippen molar-refractivity contribution >= 4 is 11.8 Å². The van der Waals surface area contributed by atoms with E-state index in [1.165, 1.54) is 12.8 Å². The van der Waals surface area contributed by atoms with Gasteiger partial charge in [-0.25, -0.2) is 0 Å². The van der Waals surface area contributed by atoms with Gasteiger partial charge in [0, 0.05) is 12.5 Å². The zero-order chi connectivity index (χ0) is 13.9. The Morgan fingerprint density at radius 1 is 1.40 bits per heavy atom. The van der Waals surface area contributed by atoms with E-state index in [9.17, 15) is 0 Å². The van der Waals surface area contributed by atoms with Gasteiger partial charge in [0.25, 0.3) is 0 Å². The Morgan fingerprint density at radius 2 is 2.25 bits per heavy atom. The SMILES string of the molecule is CCCn1c(CN)nnc1SCc1nc(C2CC2)no1. The number of hydrogen-bond acceptors (Lipinski definition) is 7. The Labute approximate surface area is 121 Å². The molecule has 108 valence electrons. The summed E-state index contributed by atoms with van der Waals surface area (Å²) in [6.45, 7) is 3.40. The Bertz CT molecular complexity index is 576. The first-order valence-corrected chi connectivity index (χ1v) is 7.87. The summed E-state index contributed by atoms with van der Waals surface area (Å²) < 4.78 is 7.31. The normalized spacial score (nSPS) is 14.9. The Kier molecular flexibility index (Phi) is 4.02. The zero-order valence-corrected chi connectivity index (χ0v) is 12.3. The Balaban J connectivity index is 1.65. The molecule has 1 aliphatic rings. The monoisotopic (exact) mass is 294 g/mol. The number of nitrogens with two attached hydrogens (primary N) is 1. The van der Waals surface area contributed by atoms with Gasteiger partial charge in [0.15, 0.2) is 11.0 Å². The molecule has 1 fully saturated rings. The largest absolute Gasteiger partial charge is 0.338 e. The molecule has 2 aromatic heterocycles. The average Bonchev–Trinajstić information content (AvgIpc) is 3.08. The Morgan fingerprint density at radius 3 is 2.95 bits per heavy atom. The molecule has 2 aromatic rings. The van der Waals surface area contributed by atoms with E-state index in [4.69, 9.17) is 10.3 Å². The maximum atomic E-state index is 5.67. The summed E-state index contributed by atoms with van der Waals surface area (Å²) in [6.07, 6.45) is 3.37. The summed E-state index contributed by atoms with van der Waals surface area (Å²) in [5.74, 6) is 3.45. The summed E-state index contributed by atoms with van der Waals surface area (Å²) >= 11 is 1.56. The molecular formula is C12H18N6OS. The molecule has 0 bridgehead atoms. The maximum absolute atomic E-state index is 5.67. The molecule has 2 N–H and O–H groups in total. The Hall–Kier alpha value is -1.41. The van der Waals surface area contributed by atoms with E-state index in [1.54, 1.807) is 11.8 Å². The highest BCUT2D eigenvalue weighted by Gasteiger charge is 2.28. The predicted molar refractivity (Wildman–Crippen MR) is 74.0 cm³/mol. The van der Waals surface area contributed by atoms with Gasteiger partial charge in [-0.3, -0.25) is 0 Å². The molecule has 0 saturated heterocycles. The summed E-state index contributed by atoms with van der Waals surface area (Å²) in [6, 6.07) is 0. The number of thioether (sulfide) groups is 1. The van der Waals surface area contributed by atoms with Crippen LogP contribution in [0.4, 0.5) is 0 Å². The van der Waals surface area contributed by atoms with Gasteiger partial charge in [-0.05, 0) is 19.3 Å². The molecule has 0 atom stereocenters. The predicted octanol–water partition coefficient (Wildman–Crippen LogP) is 1.70. The molecule has 3 rings (SSSR count). The fourth-order valence-corrected chi connectivity index (χ4v) is 2.81. The molecule has 1 saturated carbocycles. The van der Waals surface area contributed by atoms with Crippen LogP contribution >= 0.6 is 11.8 Å². The van der Waals surface area contributed by atoms with E-state index in [1.807, 2.05) is 0 Å². The van der Waals surface area contributed by atoms with E-state index in [0.29, 0.717) is 24.1 Å². The fourth-order valence-electron chi connectivity index (χ4n) is 1.99. The van der Waals surface area contributed by atoms with Crippen molar-refractivity contribution in [3.8, 4) is 0 Å². The number of nitrogens with zero attached hydrogens (tertiary/aromatic N) is 5. The maximum Gasteiger partial charge on any atom is 0.237 e. The third kappa shape index (κ3) is 2.85. The van der Waals surface area contributed by atoms with E-state index < -0.39 is 0 Å². The van der Waals surface area contributed by atoms with Crippen LogP contribution in [0.5, 0.6) is 0 Å². The number of hydrogen-bond donors (Lipinski definition) is 1. The van der Waals surface area contributed by atoms with Gasteiger partial charge in [0.05, 0.1) is 12.3 Å². The van der Waals surface area contributed by atoms with Crippen LogP contribution in [0.25, 0.3) is 0 Å². The lowest BCUT2D eigenvalue weighted by Gasteiger charge is -2.06. The number of aromatic nitrogens is 5. The van der Waals surface area contributed by atoms with Crippen LogP contribution in [0.3, 0.4) is 0 Å². The second-order valence-corrected chi connectivity index (χ2v) is 5.81. The lowest BCUT2D eigenvalue weighted by molar-refractivity contribution is 0.385. The van der Waals surface area contributed by atoms with E-state index in [2.05, 4.69) is 31.8 Å². The van der Waals surface area contributed by atoms with Gasteiger partial charge in [-0.15, -0.1) is 10.2 Å². The van der Waals surface area contributed by atoms with E-state index >= 15 is 0 Å². The second-order valence-electron chi connectivity index (χ2n) is 4.86. The van der Waals surface area contributed by atoms with Crippen molar-refractivity contribution in [2.75, 3.05) is 0 Å². The first-order valence-electron chi connectivity index (χ1n) is 6.89.